The Bertz CT molecular complexity index is 651. The third-order valence-electron chi connectivity index (χ3n) is 4.83. The molecule has 2 atom stereocenters. The molecule has 2 aromatic carbocycles. The van der Waals surface area contributed by atoms with Gasteiger partial charge in [-0.05, 0) is 36.1 Å². The third-order valence-corrected chi connectivity index (χ3v) is 4.83. The van der Waals surface area contributed by atoms with Crippen molar-refractivity contribution in [1.82, 2.24) is 0 Å². The highest BCUT2D eigenvalue weighted by Crippen LogP contribution is 2.33. The number of nitrogens with two attached hydrogens (primary N) is 1. The standard InChI is InChI=1S/C20H24N2O/c1-2-15-8-10-16(11-9-15)17-12-18(20(21)23)14-22(13-17)19-6-4-3-5-7-19/h3-11,17-18H,2,12-14H2,1H3,(H2,21,23). The first-order chi connectivity index (χ1) is 11.2. The summed E-state index contributed by atoms with van der Waals surface area (Å²) in [5.41, 5.74) is 9.43. The molecule has 3 rings (SSSR count). The van der Waals surface area contributed by atoms with Crippen molar-refractivity contribution in [2.75, 3.05) is 18.0 Å². The van der Waals surface area contributed by atoms with E-state index in [1.165, 1.54) is 11.1 Å². The van der Waals surface area contributed by atoms with Gasteiger partial charge in [0.15, 0.2) is 0 Å². The van der Waals surface area contributed by atoms with E-state index in [4.69, 9.17) is 5.73 Å². The fourth-order valence-electron chi connectivity index (χ4n) is 3.42. The highest BCUT2D eigenvalue weighted by Gasteiger charge is 2.31. The first kappa shape index (κ1) is 15.6. The topological polar surface area (TPSA) is 46.3 Å². The van der Waals surface area contributed by atoms with Crippen LogP contribution in [0, 0.1) is 5.92 Å². The van der Waals surface area contributed by atoms with Crippen LogP contribution in [0.4, 0.5) is 5.69 Å². The summed E-state index contributed by atoms with van der Waals surface area (Å²) in [7, 11) is 0. The number of hydrogen-bond acceptors (Lipinski definition) is 2. The lowest BCUT2D eigenvalue weighted by atomic mass is 9.83. The molecule has 0 aromatic heterocycles. The lowest BCUT2D eigenvalue weighted by molar-refractivity contribution is -0.122. The van der Waals surface area contributed by atoms with Crippen molar-refractivity contribution in [3.63, 3.8) is 0 Å². The average Bonchev–Trinajstić information content (AvgIpc) is 2.62. The van der Waals surface area contributed by atoms with Crippen molar-refractivity contribution < 1.29 is 4.79 Å². The van der Waals surface area contributed by atoms with Crippen LogP contribution in [0.3, 0.4) is 0 Å². The van der Waals surface area contributed by atoms with E-state index in [0.717, 1.165) is 25.1 Å². The Labute approximate surface area is 138 Å². The normalized spacial score (nSPS) is 21.2. The van der Waals surface area contributed by atoms with Gasteiger partial charge in [-0.3, -0.25) is 4.79 Å². The van der Waals surface area contributed by atoms with Gasteiger partial charge in [0, 0.05) is 24.7 Å². The summed E-state index contributed by atoms with van der Waals surface area (Å²) in [5, 5.41) is 0. The molecular weight excluding hydrogens is 284 g/mol. The van der Waals surface area contributed by atoms with Gasteiger partial charge in [0.2, 0.25) is 5.91 Å². The molecule has 0 spiro atoms. The largest absolute Gasteiger partial charge is 0.370 e. The minimum absolute atomic E-state index is 0.0974. The molecule has 1 aliphatic rings. The Morgan fingerprint density at radius 2 is 1.78 bits per heavy atom. The molecule has 0 aliphatic carbocycles. The van der Waals surface area contributed by atoms with Gasteiger partial charge in [0.25, 0.3) is 0 Å². The molecule has 1 saturated heterocycles. The molecule has 23 heavy (non-hydrogen) atoms. The van der Waals surface area contributed by atoms with Gasteiger partial charge in [0.05, 0.1) is 5.92 Å². The van der Waals surface area contributed by atoms with Gasteiger partial charge in [-0.15, -0.1) is 0 Å². The first-order valence-electron chi connectivity index (χ1n) is 8.35. The molecular formula is C20H24N2O. The number of aryl methyl sites for hydroxylation is 1. The Kier molecular flexibility index (Phi) is 4.65. The summed E-state index contributed by atoms with van der Waals surface area (Å²) in [5.74, 6) is 0.0491. The molecule has 1 fully saturated rings. The van der Waals surface area contributed by atoms with Crippen LogP contribution in [-0.4, -0.2) is 19.0 Å². The number of rotatable bonds is 4. The summed E-state index contributed by atoms with van der Waals surface area (Å²) in [6.07, 6.45) is 1.88. The molecule has 1 amide bonds. The molecule has 2 N–H and O–H groups in total. The molecule has 3 heteroatoms. The molecule has 2 unspecified atom stereocenters. The van der Waals surface area contributed by atoms with Crippen molar-refractivity contribution in [1.29, 1.82) is 0 Å². The zero-order valence-electron chi connectivity index (χ0n) is 13.6. The van der Waals surface area contributed by atoms with Crippen molar-refractivity contribution in [2.45, 2.75) is 25.7 Å². The Hall–Kier alpha value is -2.29. The maximum atomic E-state index is 11.8. The van der Waals surface area contributed by atoms with Crippen LogP contribution in [0.1, 0.15) is 30.4 Å². The van der Waals surface area contributed by atoms with Gasteiger partial charge >= 0.3 is 0 Å². The molecule has 1 heterocycles. The van der Waals surface area contributed by atoms with Crippen molar-refractivity contribution >= 4 is 11.6 Å². The lowest BCUT2D eigenvalue weighted by Gasteiger charge is -2.38. The second-order valence-electron chi connectivity index (χ2n) is 6.37. The van der Waals surface area contributed by atoms with E-state index in [1.807, 2.05) is 18.2 Å². The predicted octanol–water partition coefficient (Wildman–Crippen LogP) is 3.34. The van der Waals surface area contributed by atoms with Crippen molar-refractivity contribution in [2.24, 2.45) is 11.7 Å². The number of primary amides is 1. The number of para-hydroxylation sites is 1. The quantitative estimate of drug-likeness (QED) is 0.941. The number of carbonyl (C=O) groups is 1. The van der Waals surface area contributed by atoms with Crippen LogP contribution in [-0.2, 0) is 11.2 Å². The second-order valence-corrected chi connectivity index (χ2v) is 6.37. The smallest absolute Gasteiger partial charge is 0.222 e. The minimum atomic E-state index is -0.194. The number of hydrogen-bond donors (Lipinski definition) is 1. The number of carbonyl (C=O) groups excluding carboxylic acids is 1. The van der Waals surface area contributed by atoms with Gasteiger partial charge < -0.3 is 10.6 Å². The maximum absolute atomic E-state index is 11.8. The number of nitrogens with zero attached hydrogens (tertiary/aromatic N) is 1. The van der Waals surface area contributed by atoms with Crippen LogP contribution in [0.15, 0.2) is 54.6 Å². The van der Waals surface area contributed by atoms with Gasteiger partial charge in [0.1, 0.15) is 0 Å². The zero-order valence-corrected chi connectivity index (χ0v) is 13.6. The molecule has 0 bridgehead atoms. The number of amides is 1. The highest BCUT2D eigenvalue weighted by molar-refractivity contribution is 5.78. The minimum Gasteiger partial charge on any atom is -0.370 e. The molecule has 2 aromatic rings. The molecule has 3 nitrogen and oxygen atoms in total. The van der Waals surface area contributed by atoms with Crippen LogP contribution in [0.5, 0.6) is 0 Å². The van der Waals surface area contributed by atoms with Gasteiger partial charge in [-0.25, -0.2) is 0 Å². The molecule has 0 radical (unpaired) electrons. The zero-order chi connectivity index (χ0) is 16.2. The Morgan fingerprint density at radius 1 is 1.09 bits per heavy atom. The summed E-state index contributed by atoms with van der Waals surface area (Å²) in [6, 6.07) is 19.1. The Morgan fingerprint density at radius 3 is 2.39 bits per heavy atom. The highest BCUT2D eigenvalue weighted by atomic mass is 16.1. The average molecular weight is 308 g/mol. The van der Waals surface area contributed by atoms with E-state index in [9.17, 15) is 4.79 Å². The van der Waals surface area contributed by atoms with Crippen LogP contribution >= 0.6 is 0 Å². The van der Waals surface area contributed by atoms with Gasteiger partial charge in [-0.1, -0.05) is 49.4 Å². The summed E-state index contributed by atoms with van der Waals surface area (Å²) in [4.78, 5) is 14.1. The third kappa shape index (κ3) is 3.55. The van der Waals surface area contributed by atoms with Crippen molar-refractivity contribution in [3.8, 4) is 0 Å². The summed E-state index contributed by atoms with van der Waals surface area (Å²) in [6.45, 7) is 3.80. The van der Waals surface area contributed by atoms with E-state index >= 15 is 0 Å². The van der Waals surface area contributed by atoms with E-state index in [-0.39, 0.29) is 11.8 Å². The van der Waals surface area contributed by atoms with Gasteiger partial charge in [-0.2, -0.15) is 0 Å². The van der Waals surface area contributed by atoms with E-state index < -0.39 is 0 Å². The van der Waals surface area contributed by atoms with Crippen LogP contribution in [0.2, 0.25) is 0 Å². The van der Waals surface area contributed by atoms with Crippen LogP contribution in [0.25, 0.3) is 0 Å². The molecule has 1 aliphatic heterocycles. The number of piperidine rings is 1. The molecule has 0 saturated carbocycles. The summed E-state index contributed by atoms with van der Waals surface area (Å²) < 4.78 is 0. The fourth-order valence-corrected chi connectivity index (χ4v) is 3.42. The Balaban J connectivity index is 1.85. The molecule has 120 valence electrons. The van der Waals surface area contributed by atoms with E-state index in [2.05, 4.69) is 48.2 Å². The fraction of sp³-hybridized carbons (Fsp3) is 0.350. The van der Waals surface area contributed by atoms with E-state index in [1.54, 1.807) is 0 Å². The number of anilines is 1. The van der Waals surface area contributed by atoms with Crippen molar-refractivity contribution in [3.05, 3.63) is 65.7 Å². The van der Waals surface area contributed by atoms with E-state index in [0.29, 0.717) is 12.5 Å². The lowest BCUT2D eigenvalue weighted by Crippen LogP contribution is -2.44. The predicted molar refractivity (Wildman–Crippen MR) is 94.5 cm³/mol. The van der Waals surface area contributed by atoms with Crippen LogP contribution < -0.4 is 10.6 Å². The summed E-state index contributed by atoms with van der Waals surface area (Å²) >= 11 is 0. The number of benzene rings is 2. The monoisotopic (exact) mass is 308 g/mol. The first-order valence-corrected chi connectivity index (χ1v) is 8.35. The maximum Gasteiger partial charge on any atom is 0.222 e. The SMILES string of the molecule is CCc1ccc(C2CC(C(N)=O)CN(c3ccccc3)C2)cc1. The second kappa shape index (κ2) is 6.86.